The van der Waals surface area contributed by atoms with Crippen LogP contribution < -0.4 is 0 Å². The number of aromatic nitrogens is 1. The largest absolute Gasteiger partial charge is 0.493 e. The lowest BCUT2D eigenvalue weighted by atomic mass is 10.1. The predicted octanol–water partition coefficient (Wildman–Crippen LogP) is 4.62. The molecule has 3 rings (SSSR count). The van der Waals surface area contributed by atoms with Crippen molar-refractivity contribution in [3.05, 3.63) is 38.7 Å². The molecule has 2 aromatic rings. The molecule has 0 aliphatic carbocycles. The van der Waals surface area contributed by atoms with E-state index in [0.29, 0.717) is 21.0 Å². The van der Waals surface area contributed by atoms with Gasteiger partial charge in [-0.2, -0.15) is 11.8 Å². The van der Waals surface area contributed by atoms with Crippen LogP contribution in [0.3, 0.4) is 0 Å². The fraction of sp³-hybridized carbons (Fsp3) is 0.235. The van der Waals surface area contributed by atoms with E-state index < -0.39 is 12.0 Å². The van der Waals surface area contributed by atoms with Gasteiger partial charge >= 0.3 is 5.97 Å². The van der Waals surface area contributed by atoms with Crippen LogP contribution in [0.15, 0.2) is 29.3 Å². The van der Waals surface area contributed by atoms with E-state index in [4.69, 9.17) is 12.2 Å². The highest BCUT2D eigenvalue weighted by atomic mass is 32.2. The fourth-order valence-electron chi connectivity index (χ4n) is 2.65. The molecule has 0 saturated carbocycles. The maximum absolute atomic E-state index is 11.6. The van der Waals surface area contributed by atoms with Gasteiger partial charge in [-0.15, -0.1) is 11.3 Å². The van der Waals surface area contributed by atoms with Gasteiger partial charge in [0.1, 0.15) is 6.04 Å². The van der Waals surface area contributed by atoms with Crippen molar-refractivity contribution in [3.63, 3.8) is 0 Å². The van der Waals surface area contributed by atoms with E-state index >= 15 is 0 Å². The van der Waals surface area contributed by atoms with E-state index in [1.807, 2.05) is 30.5 Å². The number of benzene rings is 1. The van der Waals surface area contributed by atoms with Gasteiger partial charge in [0.25, 0.3) is 0 Å². The van der Waals surface area contributed by atoms with Gasteiger partial charge in [-0.25, -0.2) is 4.79 Å². The predicted molar refractivity (Wildman–Crippen MR) is 107 cm³/mol. The highest BCUT2D eigenvalue weighted by Crippen LogP contribution is 2.37. The minimum absolute atomic E-state index is 0.103. The number of aliphatic imine (C=N–C) groups is 1. The zero-order valence-electron chi connectivity index (χ0n) is 13.4. The summed E-state index contributed by atoms with van der Waals surface area (Å²) in [6, 6.07) is 6.85. The lowest BCUT2D eigenvalue weighted by molar-refractivity contribution is -0.141. The first-order valence-corrected chi connectivity index (χ1v) is 10.2. The fourth-order valence-corrected chi connectivity index (χ4v) is 4.47. The summed E-state index contributed by atoms with van der Waals surface area (Å²) in [6.07, 6.45) is 5.85. The average Bonchev–Trinajstić information content (AvgIpc) is 3.11. The molecule has 0 amide bonds. The standard InChI is InChI=1S/C17H16N2O3S3/c1-24-7-6-13(16(21)22)19-15(20)14(25-17(19)23)8-10-9-18-12-5-3-2-4-11(10)12/h2-5,8-9,13,20H,6-7H2,1H3,(H,21,22)/t13-/m0/s1. The van der Waals surface area contributed by atoms with Crippen LogP contribution in [0.1, 0.15) is 22.9 Å². The number of aromatic hydroxyl groups is 1. The Balaban J connectivity index is 2.01. The molecule has 1 atom stereocenters. The Morgan fingerprint density at radius 2 is 2.24 bits per heavy atom. The third-order valence-electron chi connectivity index (χ3n) is 3.88. The first kappa shape index (κ1) is 17.9. The van der Waals surface area contributed by atoms with Crippen LogP contribution in [0.4, 0.5) is 5.69 Å². The van der Waals surface area contributed by atoms with Gasteiger partial charge < -0.3 is 10.2 Å². The van der Waals surface area contributed by atoms with Gasteiger partial charge in [-0.1, -0.05) is 18.2 Å². The molecular formula is C17H16N2O3S3. The van der Waals surface area contributed by atoms with Crippen LogP contribution >= 0.6 is 35.3 Å². The molecule has 0 bridgehead atoms. The molecule has 25 heavy (non-hydrogen) atoms. The van der Waals surface area contributed by atoms with E-state index in [9.17, 15) is 15.0 Å². The topological polar surface area (TPSA) is 74.8 Å². The number of hydrogen-bond donors (Lipinski definition) is 2. The van der Waals surface area contributed by atoms with Gasteiger partial charge in [0, 0.05) is 17.4 Å². The molecule has 2 heterocycles. The molecule has 0 unspecified atom stereocenters. The number of aliphatic carboxylic acids is 1. The van der Waals surface area contributed by atoms with Crippen molar-refractivity contribution in [1.82, 2.24) is 4.57 Å². The van der Waals surface area contributed by atoms with Crippen molar-refractivity contribution in [2.45, 2.75) is 12.5 Å². The second-order valence-corrected chi connectivity index (χ2v) is 8.10. The summed E-state index contributed by atoms with van der Waals surface area (Å²) in [5.74, 6) is -0.427. The van der Waals surface area contributed by atoms with Crippen molar-refractivity contribution in [2.24, 2.45) is 4.99 Å². The number of nitrogens with zero attached hydrogens (tertiary/aromatic N) is 2. The minimum atomic E-state index is -0.995. The summed E-state index contributed by atoms with van der Waals surface area (Å²) in [5.41, 5.74) is 2.72. The highest BCUT2D eigenvalue weighted by molar-refractivity contribution is 7.98. The molecule has 0 fully saturated rings. The number of carboxylic acids is 1. The third-order valence-corrected chi connectivity index (χ3v) is 5.86. The molecule has 0 spiro atoms. The molecule has 2 N–H and O–H groups in total. The number of thioether (sulfide) groups is 1. The maximum atomic E-state index is 11.6. The summed E-state index contributed by atoms with van der Waals surface area (Å²) in [5, 5.41) is 20.1. The van der Waals surface area contributed by atoms with Crippen LogP contribution in [0, 0.1) is 3.95 Å². The zero-order chi connectivity index (χ0) is 18.0. The summed E-state index contributed by atoms with van der Waals surface area (Å²) in [7, 11) is 0. The minimum Gasteiger partial charge on any atom is -0.493 e. The second-order valence-electron chi connectivity index (χ2n) is 5.44. The van der Waals surface area contributed by atoms with Gasteiger partial charge in [-0.05, 0) is 42.8 Å². The number of rotatable bonds is 6. The summed E-state index contributed by atoms with van der Waals surface area (Å²) < 4.78 is 1.68. The molecule has 1 aromatic carbocycles. The summed E-state index contributed by atoms with van der Waals surface area (Å²) in [4.78, 5) is 16.5. The van der Waals surface area contributed by atoms with Crippen LogP contribution in [-0.4, -0.2) is 39.0 Å². The Morgan fingerprint density at radius 1 is 1.48 bits per heavy atom. The Morgan fingerprint density at radius 3 is 2.96 bits per heavy atom. The molecule has 8 heteroatoms. The number of hydrogen-bond acceptors (Lipinski definition) is 6. The monoisotopic (exact) mass is 392 g/mol. The maximum Gasteiger partial charge on any atom is 0.326 e. The van der Waals surface area contributed by atoms with Crippen molar-refractivity contribution < 1.29 is 15.0 Å². The van der Waals surface area contributed by atoms with E-state index in [-0.39, 0.29) is 5.88 Å². The number of carboxylic acid groups (broad SMARTS) is 1. The lowest BCUT2D eigenvalue weighted by Gasteiger charge is -2.14. The van der Waals surface area contributed by atoms with Gasteiger partial charge in [-0.3, -0.25) is 9.56 Å². The molecule has 5 nitrogen and oxygen atoms in total. The Labute approximate surface area is 158 Å². The van der Waals surface area contributed by atoms with Crippen molar-refractivity contribution in [3.8, 4) is 5.88 Å². The zero-order valence-corrected chi connectivity index (χ0v) is 15.8. The van der Waals surface area contributed by atoms with E-state index in [0.717, 1.165) is 16.8 Å². The van der Waals surface area contributed by atoms with E-state index in [1.54, 1.807) is 24.1 Å². The number of carbonyl (C=O) groups is 1. The molecule has 1 aliphatic heterocycles. The Kier molecular flexibility index (Phi) is 5.41. The SMILES string of the molecule is CSCC[C@@H](C(=O)O)n1c(O)c(C=C2C=Nc3ccccc32)sc1=S. The average molecular weight is 393 g/mol. The highest BCUT2D eigenvalue weighted by Gasteiger charge is 2.25. The molecular weight excluding hydrogens is 376 g/mol. The number of fused-ring (bicyclic) bond motifs is 1. The van der Waals surface area contributed by atoms with Crippen LogP contribution in [0.25, 0.3) is 11.6 Å². The van der Waals surface area contributed by atoms with E-state index in [2.05, 4.69) is 4.99 Å². The van der Waals surface area contributed by atoms with Gasteiger partial charge in [0.15, 0.2) is 3.95 Å². The first-order valence-electron chi connectivity index (χ1n) is 7.54. The lowest BCUT2D eigenvalue weighted by Crippen LogP contribution is -2.19. The quantitative estimate of drug-likeness (QED) is 0.702. The van der Waals surface area contributed by atoms with Gasteiger partial charge in [0.2, 0.25) is 5.88 Å². The Bertz CT molecular complexity index is 927. The second kappa shape index (κ2) is 7.55. The van der Waals surface area contributed by atoms with Crippen molar-refractivity contribution in [1.29, 1.82) is 0 Å². The van der Waals surface area contributed by atoms with Crippen molar-refractivity contribution >= 4 is 64.8 Å². The molecule has 0 saturated heterocycles. The number of para-hydroxylation sites is 1. The van der Waals surface area contributed by atoms with Crippen LogP contribution in [0.5, 0.6) is 5.88 Å². The molecule has 1 aromatic heterocycles. The van der Waals surface area contributed by atoms with Crippen LogP contribution in [0.2, 0.25) is 0 Å². The Hall–Kier alpha value is -1.90. The van der Waals surface area contributed by atoms with Gasteiger partial charge in [0.05, 0.1) is 10.6 Å². The molecule has 0 radical (unpaired) electrons. The van der Waals surface area contributed by atoms with E-state index in [1.165, 1.54) is 15.9 Å². The smallest absolute Gasteiger partial charge is 0.326 e. The number of thiazole rings is 1. The van der Waals surface area contributed by atoms with Crippen molar-refractivity contribution in [2.75, 3.05) is 12.0 Å². The first-order chi connectivity index (χ1) is 12.0. The van der Waals surface area contributed by atoms with Crippen LogP contribution in [-0.2, 0) is 4.79 Å². The normalized spacial score (nSPS) is 15.5. The molecule has 1 aliphatic rings. The molecule has 130 valence electrons. The number of allylic oxidation sites excluding steroid dienone is 1. The summed E-state index contributed by atoms with van der Waals surface area (Å²) >= 11 is 8.08. The summed E-state index contributed by atoms with van der Waals surface area (Å²) in [6.45, 7) is 0. The third kappa shape index (κ3) is 3.56.